The second-order valence-electron chi connectivity index (χ2n) is 3.17. The first-order valence-electron chi connectivity index (χ1n) is 4.37. The summed E-state index contributed by atoms with van der Waals surface area (Å²) in [4.78, 5) is 11.1. The van der Waals surface area contributed by atoms with Crippen LogP contribution in [0.25, 0.3) is 0 Å². The lowest BCUT2D eigenvalue weighted by atomic mass is 10.0. The third kappa shape index (κ3) is 1.93. The number of hydrogen-bond acceptors (Lipinski definition) is 4. The number of phenols is 3. The minimum absolute atomic E-state index is 0.176. The SMILES string of the molecule is C=CCc1c(O)cc(O)c(C(C)=O)c1O. The molecule has 80 valence electrons. The van der Waals surface area contributed by atoms with Crippen LogP contribution < -0.4 is 0 Å². The van der Waals surface area contributed by atoms with Crippen molar-refractivity contribution in [3.63, 3.8) is 0 Å². The molecule has 0 unspecified atom stereocenters. The van der Waals surface area contributed by atoms with Crippen LogP contribution in [0.4, 0.5) is 0 Å². The van der Waals surface area contributed by atoms with Crippen molar-refractivity contribution >= 4 is 5.78 Å². The second kappa shape index (κ2) is 4.04. The van der Waals surface area contributed by atoms with Crippen molar-refractivity contribution in [2.45, 2.75) is 13.3 Å². The third-order valence-electron chi connectivity index (χ3n) is 2.06. The molecule has 1 rings (SSSR count). The quantitative estimate of drug-likeness (QED) is 0.522. The Morgan fingerprint density at radius 3 is 2.47 bits per heavy atom. The van der Waals surface area contributed by atoms with Crippen LogP contribution in [0.1, 0.15) is 22.8 Å². The molecule has 4 heteroatoms. The lowest BCUT2D eigenvalue weighted by molar-refractivity contribution is 0.101. The number of rotatable bonds is 3. The molecule has 0 saturated heterocycles. The van der Waals surface area contributed by atoms with Crippen molar-refractivity contribution in [1.82, 2.24) is 0 Å². The zero-order valence-corrected chi connectivity index (χ0v) is 8.32. The predicted molar refractivity (Wildman–Crippen MR) is 55.3 cm³/mol. The average molecular weight is 208 g/mol. The summed E-state index contributed by atoms with van der Waals surface area (Å²) in [5.74, 6) is -1.53. The number of allylic oxidation sites excluding steroid dienone is 1. The summed E-state index contributed by atoms with van der Waals surface area (Å²) in [6, 6.07) is 1.04. The Morgan fingerprint density at radius 1 is 1.40 bits per heavy atom. The van der Waals surface area contributed by atoms with Crippen LogP contribution >= 0.6 is 0 Å². The Labute approximate surface area is 87.1 Å². The third-order valence-corrected chi connectivity index (χ3v) is 2.06. The number of aromatic hydroxyl groups is 3. The number of phenolic OH excluding ortho intramolecular Hbond substituents is 3. The number of carbonyl (C=O) groups excluding carboxylic acids is 1. The Balaban J connectivity index is 3.48. The van der Waals surface area contributed by atoms with Crippen molar-refractivity contribution < 1.29 is 20.1 Å². The molecule has 0 aliphatic rings. The Bertz CT molecular complexity index is 421. The molecule has 3 N–H and O–H groups in total. The highest BCUT2D eigenvalue weighted by Crippen LogP contribution is 2.37. The smallest absolute Gasteiger partial charge is 0.167 e. The van der Waals surface area contributed by atoms with Gasteiger partial charge in [-0.3, -0.25) is 4.79 Å². The van der Waals surface area contributed by atoms with Crippen LogP contribution in [-0.4, -0.2) is 21.1 Å². The van der Waals surface area contributed by atoms with E-state index in [1.54, 1.807) is 0 Å². The molecule has 0 atom stereocenters. The van der Waals surface area contributed by atoms with Gasteiger partial charge in [-0.1, -0.05) is 6.08 Å². The van der Waals surface area contributed by atoms with E-state index in [-0.39, 0.29) is 29.0 Å². The number of ketones is 1. The molecule has 0 amide bonds. The number of Topliss-reactive ketones (excluding diaryl/α,β-unsaturated/α-hetero) is 1. The van der Waals surface area contributed by atoms with Gasteiger partial charge in [0.25, 0.3) is 0 Å². The first-order valence-corrected chi connectivity index (χ1v) is 4.37. The van der Waals surface area contributed by atoms with Gasteiger partial charge in [-0.05, 0) is 13.3 Å². The molecule has 0 aromatic heterocycles. The van der Waals surface area contributed by atoms with Crippen molar-refractivity contribution in [3.8, 4) is 17.2 Å². The average Bonchev–Trinajstić information content (AvgIpc) is 2.11. The summed E-state index contributed by atoms with van der Waals surface area (Å²) < 4.78 is 0. The van der Waals surface area contributed by atoms with E-state index in [4.69, 9.17) is 0 Å². The van der Waals surface area contributed by atoms with Crippen molar-refractivity contribution in [2.75, 3.05) is 0 Å². The van der Waals surface area contributed by atoms with Crippen LogP contribution in [-0.2, 0) is 6.42 Å². The van der Waals surface area contributed by atoms with Crippen molar-refractivity contribution in [1.29, 1.82) is 0 Å². The molecule has 1 aromatic carbocycles. The fraction of sp³-hybridized carbons (Fsp3) is 0.182. The fourth-order valence-corrected chi connectivity index (χ4v) is 1.37. The lowest BCUT2D eigenvalue weighted by Crippen LogP contribution is -1.97. The molecular formula is C11H12O4. The van der Waals surface area contributed by atoms with Gasteiger partial charge in [0.1, 0.15) is 22.8 Å². The maximum Gasteiger partial charge on any atom is 0.167 e. The highest BCUT2D eigenvalue weighted by Gasteiger charge is 2.19. The van der Waals surface area contributed by atoms with Crippen molar-refractivity contribution in [2.24, 2.45) is 0 Å². The van der Waals surface area contributed by atoms with E-state index in [0.717, 1.165) is 6.07 Å². The van der Waals surface area contributed by atoms with Gasteiger partial charge in [0.05, 0.1) is 0 Å². The van der Waals surface area contributed by atoms with Gasteiger partial charge >= 0.3 is 0 Å². The lowest BCUT2D eigenvalue weighted by Gasteiger charge is -2.10. The van der Waals surface area contributed by atoms with Gasteiger partial charge in [0.2, 0.25) is 0 Å². The molecule has 0 radical (unpaired) electrons. The Kier molecular flexibility index (Phi) is 2.99. The minimum Gasteiger partial charge on any atom is -0.507 e. The maximum absolute atomic E-state index is 11.1. The maximum atomic E-state index is 11.1. The summed E-state index contributed by atoms with van der Waals surface area (Å²) in [5.41, 5.74) is 0.0117. The zero-order valence-electron chi connectivity index (χ0n) is 8.32. The highest BCUT2D eigenvalue weighted by atomic mass is 16.3. The topological polar surface area (TPSA) is 77.8 Å². The van der Waals surface area contributed by atoms with E-state index >= 15 is 0 Å². The standard InChI is InChI=1S/C11H12O4/c1-3-4-7-8(13)5-9(14)10(6(2)12)11(7)15/h3,5,13-15H,1,4H2,2H3. The molecule has 15 heavy (non-hydrogen) atoms. The largest absolute Gasteiger partial charge is 0.507 e. The van der Waals surface area contributed by atoms with Gasteiger partial charge in [0.15, 0.2) is 5.78 Å². The fourth-order valence-electron chi connectivity index (χ4n) is 1.37. The van der Waals surface area contributed by atoms with Gasteiger partial charge in [-0.25, -0.2) is 0 Å². The van der Waals surface area contributed by atoms with E-state index < -0.39 is 11.5 Å². The minimum atomic E-state index is -0.463. The zero-order chi connectivity index (χ0) is 11.6. The Hall–Kier alpha value is -1.97. The van der Waals surface area contributed by atoms with Crippen molar-refractivity contribution in [3.05, 3.63) is 29.8 Å². The summed E-state index contributed by atoms with van der Waals surface area (Å²) in [7, 11) is 0. The van der Waals surface area contributed by atoms with Crippen LogP contribution in [0.15, 0.2) is 18.7 Å². The highest BCUT2D eigenvalue weighted by molar-refractivity contribution is 6.00. The van der Waals surface area contributed by atoms with Gasteiger partial charge in [-0.15, -0.1) is 6.58 Å². The van der Waals surface area contributed by atoms with Gasteiger partial charge < -0.3 is 15.3 Å². The summed E-state index contributed by atoms with van der Waals surface area (Å²) in [5, 5.41) is 28.5. The van der Waals surface area contributed by atoms with Gasteiger partial charge in [0, 0.05) is 11.6 Å². The van der Waals surface area contributed by atoms with Crippen LogP contribution in [0.5, 0.6) is 17.2 Å². The summed E-state index contributed by atoms with van der Waals surface area (Å²) in [6.07, 6.45) is 1.70. The molecule has 0 heterocycles. The molecule has 0 spiro atoms. The first kappa shape index (κ1) is 11.1. The van der Waals surface area contributed by atoms with Crippen LogP contribution in [0.3, 0.4) is 0 Å². The normalized spacial score (nSPS) is 9.93. The number of benzene rings is 1. The molecule has 4 nitrogen and oxygen atoms in total. The molecule has 0 fully saturated rings. The first-order chi connectivity index (χ1) is 6.99. The van der Waals surface area contributed by atoms with E-state index in [1.807, 2.05) is 0 Å². The van der Waals surface area contributed by atoms with E-state index in [0.29, 0.717) is 0 Å². The van der Waals surface area contributed by atoms with Gasteiger partial charge in [-0.2, -0.15) is 0 Å². The van der Waals surface area contributed by atoms with Crippen LogP contribution in [0.2, 0.25) is 0 Å². The van der Waals surface area contributed by atoms with E-state index in [9.17, 15) is 20.1 Å². The molecule has 0 aliphatic heterocycles. The van der Waals surface area contributed by atoms with Crippen LogP contribution in [0, 0.1) is 0 Å². The molecule has 0 bridgehead atoms. The summed E-state index contributed by atoms with van der Waals surface area (Å²) >= 11 is 0. The number of carbonyl (C=O) groups is 1. The summed E-state index contributed by atoms with van der Waals surface area (Å²) in [6.45, 7) is 4.69. The Morgan fingerprint density at radius 2 is 2.00 bits per heavy atom. The molecular weight excluding hydrogens is 196 g/mol. The number of hydrogen-bond donors (Lipinski definition) is 3. The molecule has 1 aromatic rings. The monoisotopic (exact) mass is 208 g/mol. The molecule has 0 aliphatic carbocycles. The van der Waals surface area contributed by atoms with E-state index in [2.05, 4.69) is 6.58 Å². The van der Waals surface area contributed by atoms with E-state index in [1.165, 1.54) is 13.0 Å². The predicted octanol–water partition coefficient (Wildman–Crippen LogP) is 1.73. The molecule has 0 saturated carbocycles. The second-order valence-corrected chi connectivity index (χ2v) is 3.17.